The molecule has 20 heavy (non-hydrogen) atoms. The number of carbonyl (C=O) groups is 1. The maximum atomic E-state index is 11.6. The van der Waals surface area contributed by atoms with Crippen LogP contribution in [0.1, 0.15) is 11.1 Å². The molecule has 3 nitrogen and oxygen atoms in total. The Bertz CT molecular complexity index is 544. The first kappa shape index (κ1) is 15.5. The molecule has 1 N–H and O–H groups in total. The zero-order valence-corrected chi connectivity index (χ0v) is 11.5. The van der Waals surface area contributed by atoms with Crippen molar-refractivity contribution in [3.8, 4) is 0 Å². The highest BCUT2D eigenvalue weighted by molar-refractivity contribution is 5.89. The molecule has 1 aromatic rings. The molecule has 0 spiro atoms. The average Bonchev–Trinajstić information content (AvgIpc) is 2.49. The number of carbonyl (C=O) groups excluding carboxylic acids is 1. The van der Waals surface area contributed by atoms with E-state index < -0.39 is 5.97 Å². The van der Waals surface area contributed by atoms with Gasteiger partial charge in [0.25, 0.3) is 0 Å². The molecule has 3 heteroatoms. The van der Waals surface area contributed by atoms with Crippen molar-refractivity contribution in [2.75, 3.05) is 18.5 Å². The number of benzene rings is 1. The summed E-state index contributed by atoms with van der Waals surface area (Å²) in [5, 5.41) is 3.15. The van der Waals surface area contributed by atoms with Gasteiger partial charge in [0.15, 0.2) is 0 Å². The fourth-order valence-electron chi connectivity index (χ4n) is 1.65. The predicted molar refractivity (Wildman–Crippen MR) is 85.4 cm³/mol. The first-order chi connectivity index (χ1) is 9.63. The molecule has 1 rings (SSSR count). The van der Waals surface area contributed by atoms with E-state index in [2.05, 4.69) is 31.6 Å². The average molecular weight is 269 g/mol. The molecule has 1 aromatic carbocycles. The fourth-order valence-corrected chi connectivity index (χ4v) is 1.65. The molecule has 0 saturated heterocycles. The van der Waals surface area contributed by atoms with Crippen molar-refractivity contribution < 1.29 is 9.53 Å². The summed E-state index contributed by atoms with van der Waals surface area (Å²) in [5.74, 6) is -0.433. The SMILES string of the molecule is C=CCOC(=O)C(=C)CNc1cccc(C=C)c1C=C. The van der Waals surface area contributed by atoms with E-state index in [1.54, 1.807) is 12.2 Å². The Kier molecular flexibility index (Phi) is 6.04. The summed E-state index contributed by atoms with van der Waals surface area (Å²) in [6.45, 7) is 15.2. The van der Waals surface area contributed by atoms with Crippen LogP contribution in [0.15, 0.2) is 56.2 Å². The second-order valence-electron chi connectivity index (χ2n) is 4.06. The van der Waals surface area contributed by atoms with Crippen molar-refractivity contribution in [1.82, 2.24) is 0 Å². The number of hydrogen-bond donors (Lipinski definition) is 1. The fraction of sp³-hybridized carbons (Fsp3) is 0.118. The lowest BCUT2D eigenvalue weighted by molar-refractivity contribution is -0.137. The summed E-state index contributed by atoms with van der Waals surface area (Å²) in [4.78, 5) is 11.6. The van der Waals surface area contributed by atoms with Crippen LogP contribution in [-0.4, -0.2) is 19.1 Å². The summed E-state index contributed by atoms with van der Waals surface area (Å²) in [6, 6.07) is 5.76. The second-order valence-corrected chi connectivity index (χ2v) is 4.06. The Hall–Kier alpha value is -2.55. The molecule has 0 atom stereocenters. The highest BCUT2D eigenvalue weighted by atomic mass is 16.5. The van der Waals surface area contributed by atoms with E-state index in [4.69, 9.17) is 4.74 Å². The van der Waals surface area contributed by atoms with Gasteiger partial charge in [-0.25, -0.2) is 4.79 Å². The van der Waals surface area contributed by atoms with Gasteiger partial charge in [-0.05, 0) is 11.6 Å². The van der Waals surface area contributed by atoms with E-state index in [9.17, 15) is 4.79 Å². The molecule has 0 heterocycles. The lowest BCUT2D eigenvalue weighted by Crippen LogP contribution is -2.15. The van der Waals surface area contributed by atoms with Crippen LogP contribution >= 0.6 is 0 Å². The molecule has 0 unspecified atom stereocenters. The zero-order valence-electron chi connectivity index (χ0n) is 11.5. The number of hydrogen-bond acceptors (Lipinski definition) is 3. The standard InChI is InChI=1S/C17H19NO2/c1-5-11-20-17(19)13(4)12-18-16-10-8-9-14(6-2)15(16)7-3/h5-10,18H,1-4,11-12H2. The van der Waals surface area contributed by atoms with E-state index >= 15 is 0 Å². The van der Waals surface area contributed by atoms with Crippen molar-refractivity contribution in [3.05, 3.63) is 67.3 Å². The third kappa shape index (κ3) is 3.99. The first-order valence-electron chi connectivity index (χ1n) is 6.21. The molecule has 0 fully saturated rings. The van der Waals surface area contributed by atoms with Crippen molar-refractivity contribution in [2.45, 2.75) is 0 Å². The topological polar surface area (TPSA) is 38.3 Å². The van der Waals surface area contributed by atoms with Crippen LogP contribution in [0.2, 0.25) is 0 Å². The Balaban J connectivity index is 2.73. The van der Waals surface area contributed by atoms with Gasteiger partial charge < -0.3 is 10.1 Å². The monoisotopic (exact) mass is 269 g/mol. The van der Waals surface area contributed by atoms with Gasteiger partial charge in [-0.15, -0.1) is 0 Å². The van der Waals surface area contributed by atoms with Crippen molar-refractivity contribution in [3.63, 3.8) is 0 Å². The Morgan fingerprint density at radius 1 is 1.25 bits per heavy atom. The van der Waals surface area contributed by atoms with Gasteiger partial charge in [0.1, 0.15) is 6.61 Å². The molecule has 0 radical (unpaired) electrons. The third-order valence-electron chi connectivity index (χ3n) is 2.68. The largest absolute Gasteiger partial charge is 0.458 e. The molecule has 0 bridgehead atoms. The summed E-state index contributed by atoms with van der Waals surface area (Å²) in [5.41, 5.74) is 3.14. The Labute approximate surface area is 120 Å². The van der Waals surface area contributed by atoms with Crippen LogP contribution in [-0.2, 0) is 9.53 Å². The van der Waals surface area contributed by atoms with E-state index in [0.717, 1.165) is 16.8 Å². The van der Waals surface area contributed by atoms with Crippen molar-refractivity contribution in [1.29, 1.82) is 0 Å². The molecule has 0 amide bonds. The minimum atomic E-state index is -0.433. The molecular formula is C17H19NO2. The van der Waals surface area contributed by atoms with Gasteiger partial charge in [-0.3, -0.25) is 0 Å². The Morgan fingerprint density at radius 3 is 2.60 bits per heavy atom. The van der Waals surface area contributed by atoms with Gasteiger partial charge in [0, 0.05) is 23.4 Å². The van der Waals surface area contributed by atoms with Crippen LogP contribution in [0, 0.1) is 0 Å². The second kappa shape index (κ2) is 7.79. The smallest absolute Gasteiger partial charge is 0.335 e. The van der Waals surface area contributed by atoms with Crippen LogP contribution in [0.5, 0.6) is 0 Å². The van der Waals surface area contributed by atoms with Gasteiger partial charge >= 0.3 is 5.97 Å². The van der Waals surface area contributed by atoms with E-state index in [-0.39, 0.29) is 6.61 Å². The number of esters is 1. The molecule has 0 aromatic heterocycles. The zero-order chi connectivity index (χ0) is 15.0. The first-order valence-corrected chi connectivity index (χ1v) is 6.21. The number of anilines is 1. The predicted octanol–water partition coefficient (Wildman–Crippen LogP) is 3.67. The highest BCUT2D eigenvalue weighted by Gasteiger charge is 2.09. The number of nitrogens with one attached hydrogen (secondary N) is 1. The Morgan fingerprint density at radius 2 is 2.00 bits per heavy atom. The lowest BCUT2D eigenvalue weighted by atomic mass is 10.1. The maximum absolute atomic E-state index is 11.6. The van der Waals surface area contributed by atoms with E-state index in [1.165, 1.54) is 6.08 Å². The number of rotatable bonds is 8. The van der Waals surface area contributed by atoms with Gasteiger partial charge in [-0.1, -0.05) is 56.7 Å². The summed E-state index contributed by atoms with van der Waals surface area (Å²) < 4.78 is 4.91. The molecule has 0 aliphatic heterocycles. The van der Waals surface area contributed by atoms with Crippen LogP contribution in [0.25, 0.3) is 12.2 Å². The van der Waals surface area contributed by atoms with Gasteiger partial charge in [0.05, 0.1) is 0 Å². The van der Waals surface area contributed by atoms with Crippen LogP contribution in [0.4, 0.5) is 5.69 Å². The minimum Gasteiger partial charge on any atom is -0.458 e. The quantitative estimate of drug-likeness (QED) is 0.444. The molecule has 0 saturated carbocycles. The molecule has 0 aliphatic carbocycles. The maximum Gasteiger partial charge on any atom is 0.335 e. The molecule has 0 aliphatic rings. The van der Waals surface area contributed by atoms with Crippen LogP contribution < -0.4 is 5.32 Å². The van der Waals surface area contributed by atoms with Gasteiger partial charge in [0.2, 0.25) is 0 Å². The molecular weight excluding hydrogens is 250 g/mol. The summed E-state index contributed by atoms with van der Waals surface area (Å²) >= 11 is 0. The van der Waals surface area contributed by atoms with Crippen molar-refractivity contribution in [2.24, 2.45) is 0 Å². The van der Waals surface area contributed by atoms with E-state index in [0.29, 0.717) is 12.1 Å². The lowest BCUT2D eigenvalue weighted by Gasteiger charge is -2.12. The van der Waals surface area contributed by atoms with Crippen LogP contribution in [0.3, 0.4) is 0 Å². The van der Waals surface area contributed by atoms with Crippen molar-refractivity contribution >= 4 is 23.8 Å². The molecule has 104 valence electrons. The van der Waals surface area contributed by atoms with E-state index in [1.807, 2.05) is 18.2 Å². The highest BCUT2D eigenvalue weighted by Crippen LogP contribution is 2.22. The minimum absolute atomic E-state index is 0.182. The number of ether oxygens (including phenoxy) is 1. The third-order valence-corrected chi connectivity index (χ3v) is 2.68. The normalized spacial score (nSPS) is 9.40. The summed E-state index contributed by atoms with van der Waals surface area (Å²) in [7, 11) is 0. The summed E-state index contributed by atoms with van der Waals surface area (Å²) in [6.07, 6.45) is 5.02. The van der Waals surface area contributed by atoms with Gasteiger partial charge in [-0.2, -0.15) is 0 Å².